The second-order valence-corrected chi connectivity index (χ2v) is 8.77. The number of carbonyl (C=O) groups excluding carboxylic acids is 2. The van der Waals surface area contributed by atoms with Crippen LogP contribution in [0.1, 0.15) is 80.1 Å². The fraction of sp³-hybridized carbons (Fsp3) is 0.900. The normalized spacial score (nSPS) is 43.8. The van der Waals surface area contributed by atoms with Gasteiger partial charge in [0, 0.05) is 12.3 Å². The standard InChI is InChI=1S/C20H34O2/c1-7-13(2)8-10-19(5)14(3)9-11-20(6)15(4)18(22)16(21)12-17(19)20/h13-15,17H,7-12H2,1-6H3/t13-,14+,15-,17+,19-,20-/m0/s1. The van der Waals surface area contributed by atoms with Crippen LogP contribution in [0.3, 0.4) is 0 Å². The van der Waals surface area contributed by atoms with Gasteiger partial charge in [-0.2, -0.15) is 0 Å². The molecular weight excluding hydrogens is 272 g/mol. The Bertz CT molecular complexity index is 455. The summed E-state index contributed by atoms with van der Waals surface area (Å²) in [4.78, 5) is 24.5. The number of rotatable bonds is 4. The molecule has 2 rings (SSSR count). The van der Waals surface area contributed by atoms with Gasteiger partial charge in [-0.05, 0) is 47.8 Å². The van der Waals surface area contributed by atoms with E-state index in [1.54, 1.807) is 0 Å². The molecule has 2 heteroatoms. The van der Waals surface area contributed by atoms with Crippen LogP contribution < -0.4 is 0 Å². The van der Waals surface area contributed by atoms with E-state index in [2.05, 4.69) is 34.6 Å². The molecule has 0 aromatic carbocycles. The third kappa shape index (κ3) is 2.67. The molecular formula is C20H34O2. The third-order valence-corrected chi connectivity index (χ3v) is 7.75. The Morgan fingerprint density at radius 3 is 2.45 bits per heavy atom. The van der Waals surface area contributed by atoms with Gasteiger partial charge in [0.15, 0.2) is 5.78 Å². The molecule has 0 amide bonds. The minimum absolute atomic E-state index is 0.0156. The van der Waals surface area contributed by atoms with E-state index in [4.69, 9.17) is 0 Å². The van der Waals surface area contributed by atoms with E-state index in [0.29, 0.717) is 18.3 Å². The van der Waals surface area contributed by atoms with Crippen molar-refractivity contribution in [2.24, 2.45) is 34.5 Å². The zero-order valence-electron chi connectivity index (χ0n) is 15.4. The second kappa shape index (κ2) is 6.09. The molecule has 22 heavy (non-hydrogen) atoms. The summed E-state index contributed by atoms with van der Waals surface area (Å²) < 4.78 is 0. The highest BCUT2D eigenvalue weighted by Gasteiger charge is 2.58. The molecule has 0 aliphatic heterocycles. The minimum Gasteiger partial charge on any atom is -0.291 e. The summed E-state index contributed by atoms with van der Waals surface area (Å²) in [7, 11) is 0. The molecule has 2 nitrogen and oxygen atoms in total. The van der Waals surface area contributed by atoms with Gasteiger partial charge >= 0.3 is 0 Å². The Kier molecular flexibility index (Phi) is 4.90. The number of fused-ring (bicyclic) bond motifs is 1. The van der Waals surface area contributed by atoms with Crippen LogP contribution in [0.15, 0.2) is 0 Å². The van der Waals surface area contributed by atoms with E-state index in [9.17, 15) is 9.59 Å². The topological polar surface area (TPSA) is 34.1 Å². The predicted octanol–water partition coefficient (Wildman–Crippen LogP) is 5.05. The van der Waals surface area contributed by atoms with Crippen LogP contribution in [0.4, 0.5) is 0 Å². The Labute approximate surface area is 136 Å². The zero-order valence-corrected chi connectivity index (χ0v) is 15.4. The Hall–Kier alpha value is -0.660. The highest BCUT2D eigenvalue weighted by Crippen LogP contribution is 2.62. The lowest BCUT2D eigenvalue weighted by atomic mass is 9.44. The molecule has 0 bridgehead atoms. The monoisotopic (exact) mass is 306 g/mol. The van der Waals surface area contributed by atoms with Crippen molar-refractivity contribution in [1.29, 1.82) is 0 Å². The van der Waals surface area contributed by atoms with Gasteiger partial charge in [-0.25, -0.2) is 0 Å². The van der Waals surface area contributed by atoms with E-state index in [-0.39, 0.29) is 28.3 Å². The van der Waals surface area contributed by atoms with Crippen molar-refractivity contribution in [3.63, 3.8) is 0 Å². The molecule has 2 aliphatic rings. The van der Waals surface area contributed by atoms with Crippen LogP contribution in [0.25, 0.3) is 0 Å². The van der Waals surface area contributed by atoms with E-state index in [1.807, 2.05) is 6.92 Å². The molecule has 0 spiro atoms. The van der Waals surface area contributed by atoms with Crippen molar-refractivity contribution in [2.75, 3.05) is 0 Å². The summed E-state index contributed by atoms with van der Waals surface area (Å²) in [5.41, 5.74) is 0.211. The predicted molar refractivity (Wildman–Crippen MR) is 90.6 cm³/mol. The van der Waals surface area contributed by atoms with Gasteiger partial charge in [-0.15, -0.1) is 0 Å². The van der Waals surface area contributed by atoms with E-state index in [0.717, 1.165) is 12.3 Å². The summed E-state index contributed by atoms with van der Waals surface area (Å²) in [6, 6.07) is 0. The lowest BCUT2D eigenvalue weighted by Crippen LogP contribution is -2.57. The molecule has 126 valence electrons. The summed E-state index contributed by atoms with van der Waals surface area (Å²) in [5, 5.41) is 0. The Balaban J connectivity index is 2.31. The molecule has 2 aliphatic carbocycles. The first-order valence-corrected chi connectivity index (χ1v) is 9.23. The molecule has 0 aromatic heterocycles. The lowest BCUT2D eigenvalue weighted by molar-refractivity contribution is -0.161. The quantitative estimate of drug-likeness (QED) is 0.681. The lowest BCUT2D eigenvalue weighted by Gasteiger charge is -2.59. The van der Waals surface area contributed by atoms with Crippen molar-refractivity contribution in [1.82, 2.24) is 0 Å². The molecule has 0 radical (unpaired) electrons. The van der Waals surface area contributed by atoms with E-state index < -0.39 is 0 Å². The summed E-state index contributed by atoms with van der Waals surface area (Å²) >= 11 is 0. The van der Waals surface area contributed by atoms with Crippen LogP contribution in [-0.2, 0) is 9.59 Å². The van der Waals surface area contributed by atoms with Crippen molar-refractivity contribution in [2.45, 2.75) is 80.1 Å². The van der Waals surface area contributed by atoms with Crippen LogP contribution in [0.2, 0.25) is 0 Å². The smallest absolute Gasteiger partial charge is 0.201 e. The van der Waals surface area contributed by atoms with Crippen LogP contribution in [-0.4, -0.2) is 11.6 Å². The fourth-order valence-electron chi connectivity index (χ4n) is 5.12. The maximum Gasteiger partial charge on any atom is 0.201 e. The van der Waals surface area contributed by atoms with Crippen molar-refractivity contribution >= 4 is 11.6 Å². The number of carbonyl (C=O) groups is 2. The highest BCUT2D eigenvalue weighted by atomic mass is 16.2. The zero-order chi connectivity index (χ0) is 16.7. The molecule has 0 aromatic rings. The van der Waals surface area contributed by atoms with Crippen molar-refractivity contribution < 1.29 is 9.59 Å². The van der Waals surface area contributed by atoms with Gasteiger partial charge in [-0.1, -0.05) is 54.4 Å². The van der Waals surface area contributed by atoms with Crippen LogP contribution in [0, 0.1) is 34.5 Å². The number of Topliss-reactive ketones (excluding diaryl/α,β-unsaturated/α-hetero) is 2. The number of hydrogen-bond donors (Lipinski definition) is 0. The molecule has 0 unspecified atom stereocenters. The molecule has 0 heterocycles. The second-order valence-electron chi connectivity index (χ2n) is 8.77. The Morgan fingerprint density at radius 2 is 1.86 bits per heavy atom. The van der Waals surface area contributed by atoms with Crippen molar-refractivity contribution in [3.05, 3.63) is 0 Å². The van der Waals surface area contributed by atoms with E-state index >= 15 is 0 Å². The van der Waals surface area contributed by atoms with Gasteiger partial charge in [0.05, 0.1) is 0 Å². The molecule has 6 atom stereocenters. The maximum absolute atomic E-state index is 12.2. The van der Waals surface area contributed by atoms with Crippen LogP contribution in [0.5, 0.6) is 0 Å². The van der Waals surface area contributed by atoms with Gasteiger partial charge in [-0.3, -0.25) is 9.59 Å². The average Bonchev–Trinajstić information content (AvgIpc) is 2.50. The maximum atomic E-state index is 12.2. The summed E-state index contributed by atoms with van der Waals surface area (Å²) in [6.07, 6.45) is 6.42. The SMILES string of the molecule is CC[C@H](C)CC[C@]1(C)[C@H]2CC(=O)C(=O)[C@H](C)[C@]2(C)CC[C@H]1C. The first-order chi connectivity index (χ1) is 10.2. The largest absolute Gasteiger partial charge is 0.291 e. The average molecular weight is 306 g/mol. The summed E-state index contributed by atoms with van der Waals surface area (Å²) in [6.45, 7) is 13.6. The first kappa shape index (κ1) is 17.7. The molecule has 2 saturated carbocycles. The van der Waals surface area contributed by atoms with Crippen LogP contribution >= 0.6 is 0 Å². The molecule has 2 fully saturated rings. The fourth-order valence-corrected chi connectivity index (χ4v) is 5.12. The Morgan fingerprint density at radius 1 is 1.23 bits per heavy atom. The molecule has 0 saturated heterocycles. The molecule has 0 N–H and O–H groups in total. The number of ketones is 2. The third-order valence-electron chi connectivity index (χ3n) is 7.75. The first-order valence-electron chi connectivity index (χ1n) is 9.23. The minimum atomic E-state index is -0.113. The number of hydrogen-bond acceptors (Lipinski definition) is 2. The van der Waals surface area contributed by atoms with Crippen molar-refractivity contribution in [3.8, 4) is 0 Å². The van der Waals surface area contributed by atoms with Gasteiger partial charge in [0.2, 0.25) is 5.78 Å². The summed E-state index contributed by atoms with van der Waals surface area (Å²) in [5.74, 6) is 1.43. The van der Waals surface area contributed by atoms with Gasteiger partial charge < -0.3 is 0 Å². The van der Waals surface area contributed by atoms with Gasteiger partial charge in [0.1, 0.15) is 0 Å². The van der Waals surface area contributed by atoms with Gasteiger partial charge in [0.25, 0.3) is 0 Å². The highest BCUT2D eigenvalue weighted by molar-refractivity contribution is 6.38. The van der Waals surface area contributed by atoms with E-state index in [1.165, 1.54) is 25.7 Å².